The third kappa shape index (κ3) is 10.4. The molecule has 3 aromatic rings. The zero-order valence-corrected chi connectivity index (χ0v) is 27.9. The van der Waals surface area contributed by atoms with E-state index < -0.39 is 23.3 Å². The number of carbonyl (C=O) groups is 4. The Morgan fingerprint density at radius 2 is 1.23 bits per heavy atom. The molecule has 0 aromatic heterocycles. The van der Waals surface area contributed by atoms with E-state index in [9.17, 15) is 19.2 Å². The molecule has 9 nitrogen and oxygen atoms in total. The van der Waals surface area contributed by atoms with E-state index in [1.54, 1.807) is 58.0 Å². The van der Waals surface area contributed by atoms with Crippen LogP contribution in [0.25, 0.3) is 22.3 Å². The molecule has 0 aliphatic rings. The van der Waals surface area contributed by atoms with Gasteiger partial charge >= 0.3 is 23.9 Å². The highest BCUT2D eigenvalue weighted by atomic mass is 16.6. The van der Waals surface area contributed by atoms with Crippen LogP contribution in [-0.4, -0.2) is 50.3 Å². The molecule has 0 saturated heterocycles. The molecular weight excluding hydrogens is 600 g/mol. The zero-order valence-electron chi connectivity index (χ0n) is 27.9. The van der Waals surface area contributed by atoms with E-state index in [1.165, 1.54) is 6.92 Å². The number of hydrogen-bond donors (Lipinski definition) is 0. The van der Waals surface area contributed by atoms with E-state index in [2.05, 4.69) is 26.1 Å². The lowest BCUT2D eigenvalue weighted by Crippen LogP contribution is -2.25. The van der Waals surface area contributed by atoms with Crippen molar-refractivity contribution in [3.63, 3.8) is 0 Å². The summed E-state index contributed by atoms with van der Waals surface area (Å²) in [6, 6.07) is 18.4. The fraction of sp³-hybridized carbons (Fsp3) is 0.316. The van der Waals surface area contributed by atoms with Crippen molar-refractivity contribution >= 4 is 23.9 Å². The van der Waals surface area contributed by atoms with Gasteiger partial charge in [-0.2, -0.15) is 0 Å². The van der Waals surface area contributed by atoms with Gasteiger partial charge in [-0.1, -0.05) is 50.4 Å². The summed E-state index contributed by atoms with van der Waals surface area (Å²) in [7, 11) is 0. The van der Waals surface area contributed by atoms with Crippen LogP contribution in [0.2, 0.25) is 0 Å². The molecule has 0 amide bonds. The van der Waals surface area contributed by atoms with Crippen molar-refractivity contribution in [2.45, 2.75) is 48.0 Å². The maximum absolute atomic E-state index is 12.8. The molecule has 0 spiro atoms. The minimum absolute atomic E-state index is 0.0197. The van der Waals surface area contributed by atoms with Gasteiger partial charge in [0.1, 0.15) is 37.9 Å². The predicted octanol–water partition coefficient (Wildman–Crippen LogP) is 7.31. The van der Waals surface area contributed by atoms with Crippen LogP contribution >= 0.6 is 0 Å². The maximum Gasteiger partial charge on any atom is 0.338 e. The third-order valence-corrected chi connectivity index (χ3v) is 6.82. The molecule has 0 bridgehead atoms. The molecule has 0 N–H and O–H groups in total. The molecule has 47 heavy (non-hydrogen) atoms. The Labute approximate surface area is 276 Å². The van der Waals surface area contributed by atoms with Gasteiger partial charge in [-0.3, -0.25) is 4.79 Å². The molecule has 0 aliphatic heterocycles. The van der Waals surface area contributed by atoms with Crippen molar-refractivity contribution in [1.82, 2.24) is 0 Å². The van der Waals surface area contributed by atoms with Gasteiger partial charge in [0.2, 0.25) is 0 Å². The standard InChI is InChI=1S/C38H42O9/c1-9-26-22-28(12-16-31(26)27-10-14-30(15-11-27)47-37(42)38(6,7)8)32-17-13-29(36(41)46-21-20-45-35(40)25(4)5)23-33(32)43-18-19-44-34(39)24(2)3/h10-17,22-23H,2,4,9,18-21H2,1,3,5-8H3. The van der Waals surface area contributed by atoms with Gasteiger partial charge < -0.3 is 23.7 Å². The average molecular weight is 643 g/mol. The second kappa shape index (κ2) is 16.4. The van der Waals surface area contributed by atoms with Crippen molar-refractivity contribution in [3.05, 3.63) is 96.1 Å². The molecule has 248 valence electrons. The quantitative estimate of drug-likeness (QED) is 0.0587. The Hall–Kier alpha value is -5.18. The molecule has 0 aliphatic carbocycles. The Balaban J connectivity index is 1.86. The normalized spacial score (nSPS) is 10.9. The number of esters is 4. The Morgan fingerprint density at radius 3 is 1.81 bits per heavy atom. The van der Waals surface area contributed by atoms with Crippen LogP contribution in [0.1, 0.15) is 57.5 Å². The highest BCUT2D eigenvalue weighted by molar-refractivity contribution is 5.92. The Bertz CT molecular complexity index is 1640. The third-order valence-electron chi connectivity index (χ3n) is 6.82. The first-order valence-corrected chi connectivity index (χ1v) is 15.3. The van der Waals surface area contributed by atoms with E-state index in [0.717, 1.165) is 28.7 Å². The number of benzene rings is 3. The molecule has 0 heterocycles. The molecular formula is C38H42O9. The van der Waals surface area contributed by atoms with Crippen LogP contribution in [0.4, 0.5) is 0 Å². The molecule has 0 radical (unpaired) electrons. The van der Waals surface area contributed by atoms with Crippen molar-refractivity contribution in [2.24, 2.45) is 5.41 Å². The maximum atomic E-state index is 12.8. The average Bonchev–Trinajstić information content (AvgIpc) is 3.04. The van der Waals surface area contributed by atoms with Crippen molar-refractivity contribution in [1.29, 1.82) is 0 Å². The summed E-state index contributed by atoms with van der Waals surface area (Å²) < 4.78 is 27.0. The molecule has 0 unspecified atom stereocenters. The Morgan fingerprint density at radius 1 is 0.681 bits per heavy atom. The predicted molar refractivity (Wildman–Crippen MR) is 179 cm³/mol. The fourth-order valence-electron chi connectivity index (χ4n) is 4.19. The van der Waals surface area contributed by atoms with Gasteiger partial charge in [-0.15, -0.1) is 0 Å². The summed E-state index contributed by atoms with van der Waals surface area (Å²) in [5.41, 5.74) is 4.76. The van der Waals surface area contributed by atoms with E-state index >= 15 is 0 Å². The van der Waals surface area contributed by atoms with Crippen molar-refractivity contribution in [2.75, 3.05) is 26.4 Å². The van der Waals surface area contributed by atoms with Gasteiger partial charge in [-0.25, -0.2) is 14.4 Å². The second-order valence-electron chi connectivity index (χ2n) is 11.9. The summed E-state index contributed by atoms with van der Waals surface area (Å²) in [5, 5.41) is 0. The van der Waals surface area contributed by atoms with Gasteiger partial charge in [0, 0.05) is 16.7 Å². The van der Waals surface area contributed by atoms with Crippen molar-refractivity contribution in [3.8, 4) is 33.8 Å². The highest BCUT2D eigenvalue weighted by Gasteiger charge is 2.24. The summed E-state index contributed by atoms with van der Waals surface area (Å²) in [6.45, 7) is 17.4. The molecule has 0 fully saturated rings. The highest BCUT2D eigenvalue weighted by Crippen LogP contribution is 2.36. The SMILES string of the molecule is C=C(C)C(=O)OCCOC(=O)c1ccc(-c2ccc(-c3ccc(OC(=O)C(C)(C)C)cc3)c(CC)c2)c(OCCOC(=O)C(=C)C)c1. The van der Waals surface area contributed by atoms with Crippen LogP contribution in [0.3, 0.4) is 0 Å². The monoisotopic (exact) mass is 642 g/mol. The lowest BCUT2D eigenvalue weighted by Gasteiger charge is -2.17. The Kier molecular flexibility index (Phi) is 12.7. The molecule has 3 aromatic carbocycles. The summed E-state index contributed by atoms with van der Waals surface area (Å²) in [4.78, 5) is 48.5. The largest absolute Gasteiger partial charge is 0.489 e. The molecule has 3 rings (SSSR count). The molecule has 9 heteroatoms. The van der Waals surface area contributed by atoms with Gasteiger partial charge in [0.25, 0.3) is 0 Å². The van der Waals surface area contributed by atoms with Crippen molar-refractivity contribution < 1.29 is 42.9 Å². The van der Waals surface area contributed by atoms with E-state index in [-0.39, 0.29) is 49.1 Å². The number of carbonyl (C=O) groups excluding carboxylic acids is 4. The fourth-order valence-corrected chi connectivity index (χ4v) is 4.19. The minimum Gasteiger partial charge on any atom is -0.489 e. The summed E-state index contributed by atoms with van der Waals surface area (Å²) in [6.07, 6.45) is 0.733. The van der Waals surface area contributed by atoms with Gasteiger partial charge in [0.05, 0.1) is 11.0 Å². The lowest BCUT2D eigenvalue weighted by atomic mass is 9.93. The van der Waals surface area contributed by atoms with Crippen LogP contribution in [0.5, 0.6) is 11.5 Å². The number of rotatable bonds is 14. The topological polar surface area (TPSA) is 114 Å². The first-order chi connectivity index (χ1) is 22.2. The van der Waals surface area contributed by atoms with E-state index in [1.807, 2.05) is 24.3 Å². The first-order valence-electron chi connectivity index (χ1n) is 15.3. The number of aryl methyl sites for hydroxylation is 1. The van der Waals surface area contributed by atoms with Gasteiger partial charge in [0.15, 0.2) is 0 Å². The summed E-state index contributed by atoms with van der Waals surface area (Å²) in [5.74, 6) is -1.15. The summed E-state index contributed by atoms with van der Waals surface area (Å²) >= 11 is 0. The number of ether oxygens (including phenoxy) is 5. The zero-order chi connectivity index (χ0) is 34.7. The van der Waals surface area contributed by atoms with Crippen LogP contribution < -0.4 is 9.47 Å². The first kappa shape index (κ1) is 36.3. The van der Waals surface area contributed by atoms with Gasteiger partial charge in [-0.05, 0) is 93.6 Å². The van der Waals surface area contributed by atoms with Crippen LogP contribution in [-0.2, 0) is 35.0 Å². The molecule has 0 atom stereocenters. The smallest absolute Gasteiger partial charge is 0.338 e. The molecule has 0 saturated carbocycles. The second-order valence-corrected chi connectivity index (χ2v) is 11.9. The number of hydrogen-bond acceptors (Lipinski definition) is 9. The van der Waals surface area contributed by atoms with E-state index in [0.29, 0.717) is 17.1 Å². The van der Waals surface area contributed by atoms with E-state index in [4.69, 9.17) is 23.7 Å². The van der Waals surface area contributed by atoms with Crippen LogP contribution in [0.15, 0.2) is 85.0 Å². The lowest BCUT2D eigenvalue weighted by molar-refractivity contribution is -0.143. The minimum atomic E-state index is -0.622. The van der Waals surface area contributed by atoms with Crippen LogP contribution in [0, 0.1) is 5.41 Å².